The minimum absolute atomic E-state index is 0.330. The van der Waals surface area contributed by atoms with E-state index >= 15 is 0 Å². The van der Waals surface area contributed by atoms with Crippen LogP contribution in [0.3, 0.4) is 0 Å². The Morgan fingerprint density at radius 1 is 1.15 bits per heavy atom. The van der Waals surface area contributed by atoms with Gasteiger partial charge in [0.25, 0.3) is 0 Å². The molecule has 0 atom stereocenters. The first-order valence-corrected chi connectivity index (χ1v) is 7.47. The largest absolute Gasteiger partial charge is 0.490 e. The van der Waals surface area contributed by atoms with E-state index < -0.39 is 0 Å². The minimum atomic E-state index is -0.361. The molecule has 0 fully saturated rings. The standard InChI is InChI=1S/C17H26O3/c1-15-11-7-4-3-5-9-13-16(19-2)17(18)20-14-10-6-8-12-15/h6,8,12-13H,3-5,7,9-11,14H2,1-2H3/b8-6+,15-12+,16-13-. The number of carbonyl (C=O) groups excluding carboxylic acids is 1. The number of hydrogen-bond acceptors (Lipinski definition) is 3. The van der Waals surface area contributed by atoms with Gasteiger partial charge in [0.1, 0.15) is 0 Å². The summed E-state index contributed by atoms with van der Waals surface area (Å²) in [7, 11) is 1.51. The van der Waals surface area contributed by atoms with Crippen LogP contribution in [-0.4, -0.2) is 19.7 Å². The van der Waals surface area contributed by atoms with Gasteiger partial charge in [-0.25, -0.2) is 4.79 Å². The molecule has 0 radical (unpaired) electrons. The summed E-state index contributed by atoms with van der Waals surface area (Å²) in [5, 5.41) is 0. The monoisotopic (exact) mass is 278 g/mol. The lowest BCUT2D eigenvalue weighted by atomic mass is 10.1. The van der Waals surface area contributed by atoms with Crippen LogP contribution >= 0.6 is 0 Å². The predicted molar refractivity (Wildman–Crippen MR) is 81.3 cm³/mol. The Balaban J connectivity index is 2.57. The van der Waals surface area contributed by atoms with Crippen LogP contribution in [-0.2, 0) is 14.3 Å². The summed E-state index contributed by atoms with van der Waals surface area (Å²) >= 11 is 0. The highest BCUT2D eigenvalue weighted by molar-refractivity contribution is 5.86. The zero-order valence-corrected chi connectivity index (χ0v) is 12.7. The summed E-state index contributed by atoms with van der Waals surface area (Å²) in [6, 6.07) is 0. The van der Waals surface area contributed by atoms with E-state index in [1.54, 1.807) is 0 Å². The van der Waals surface area contributed by atoms with Gasteiger partial charge in [-0.3, -0.25) is 0 Å². The molecule has 0 saturated heterocycles. The van der Waals surface area contributed by atoms with Crippen LogP contribution in [0.15, 0.2) is 35.6 Å². The van der Waals surface area contributed by atoms with Gasteiger partial charge in [-0.1, -0.05) is 36.6 Å². The highest BCUT2D eigenvalue weighted by Crippen LogP contribution is 2.12. The van der Waals surface area contributed by atoms with Gasteiger partial charge >= 0.3 is 5.97 Å². The van der Waals surface area contributed by atoms with E-state index in [0.29, 0.717) is 12.4 Å². The average molecular weight is 278 g/mol. The first-order valence-electron chi connectivity index (χ1n) is 7.47. The number of hydrogen-bond donors (Lipinski definition) is 0. The summed E-state index contributed by atoms with van der Waals surface area (Å²) in [5.74, 6) is -0.0310. The van der Waals surface area contributed by atoms with Gasteiger partial charge < -0.3 is 9.47 Å². The maximum atomic E-state index is 11.7. The molecule has 1 aliphatic heterocycles. The lowest BCUT2D eigenvalue weighted by molar-refractivity contribution is -0.142. The molecule has 0 aromatic rings. The van der Waals surface area contributed by atoms with Crippen LogP contribution in [0.2, 0.25) is 0 Å². The van der Waals surface area contributed by atoms with Crippen molar-refractivity contribution in [1.82, 2.24) is 0 Å². The molecule has 112 valence electrons. The molecule has 0 aromatic heterocycles. The van der Waals surface area contributed by atoms with E-state index in [9.17, 15) is 4.79 Å². The number of allylic oxidation sites excluding steroid dienone is 4. The molecular weight excluding hydrogens is 252 g/mol. The normalized spacial score (nSPS) is 26.6. The highest BCUT2D eigenvalue weighted by Gasteiger charge is 2.10. The fourth-order valence-corrected chi connectivity index (χ4v) is 2.09. The van der Waals surface area contributed by atoms with Gasteiger partial charge in [-0.05, 0) is 45.1 Å². The number of methoxy groups -OCH3 is 1. The Bertz CT molecular complexity index is 378. The third-order valence-electron chi connectivity index (χ3n) is 3.31. The molecule has 3 nitrogen and oxygen atoms in total. The Labute approximate surface area is 122 Å². The molecule has 1 rings (SSSR count). The van der Waals surface area contributed by atoms with Gasteiger partial charge in [0.15, 0.2) is 5.76 Å². The summed E-state index contributed by atoms with van der Waals surface area (Å²) in [6.45, 7) is 2.56. The quantitative estimate of drug-likeness (QED) is 0.671. The molecule has 0 amide bonds. The first-order chi connectivity index (χ1) is 9.74. The summed E-state index contributed by atoms with van der Waals surface area (Å²) in [5.41, 5.74) is 1.41. The maximum Gasteiger partial charge on any atom is 0.373 e. The molecule has 0 spiro atoms. The van der Waals surface area contributed by atoms with E-state index in [2.05, 4.69) is 13.0 Å². The molecule has 0 saturated carbocycles. The highest BCUT2D eigenvalue weighted by atomic mass is 16.6. The van der Waals surface area contributed by atoms with Crippen molar-refractivity contribution >= 4 is 5.97 Å². The Morgan fingerprint density at radius 2 is 1.95 bits per heavy atom. The van der Waals surface area contributed by atoms with Crippen molar-refractivity contribution in [3.63, 3.8) is 0 Å². The van der Waals surface area contributed by atoms with Crippen molar-refractivity contribution in [3.05, 3.63) is 35.6 Å². The molecule has 0 unspecified atom stereocenters. The molecular formula is C17H26O3. The molecule has 0 bridgehead atoms. The molecule has 1 heterocycles. The van der Waals surface area contributed by atoms with Crippen molar-refractivity contribution in [1.29, 1.82) is 0 Å². The first kappa shape index (κ1) is 16.5. The molecule has 0 aliphatic carbocycles. The Morgan fingerprint density at radius 3 is 2.75 bits per heavy atom. The molecule has 0 N–H and O–H groups in total. The van der Waals surface area contributed by atoms with E-state index in [1.807, 2.05) is 18.2 Å². The van der Waals surface area contributed by atoms with Gasteiger partial charge in [0.2, 0.25) is 0 Å². The van der Waals surface area contributed by atoms with Crippen LogP contribution in [0.5, 0.6) is 0 Å². The second kappa shape index (κ2) is 10.3. The lowest BCUT2D eigenvalue weighted by Crippen LogP contribution is -2.10. The second-order valence-corrected chi connectivity index (χ2v) is 5.09. The fraction of sp³-hybridized carbons (Fsp3) is 0.588. The van der Waals surface area contributed by atoms with Crippen LogP contribution in [0.4, 0.5) is 0 Å². The van der Waals surface area contributed by atoms with Crippen LogP contribution in [0.1, 0.15) is 51.9 Å². The van der Waals surface area contributed by atoms with Crippen LogP contribution < -0.4 is 0 Å². The summed E-state index contributed by atoms with van der Waals surface area (Å²) in [4.78, 5) is 11.7. The van der Waals surface area contributed by atoms with Crippen molar-refractivity contribution in [2.45, 2.75) is 51.9 Å². The number of carbonyl (C=O) groups is 1. The van der Waals surface area contributed by atoms with Gasteiger partial charge in [0, 0.05) is 0 Å². The fourth-order valence-electron chi connectivity index (χ4n) is 2.09. The second-order valence-electron chi connectivity index (χ2n) is 5.09. The van der Waals surface area contributed by atoms with Crippen LogP contribution in [0, 0.1) is 0 Å². The van der Waals surface area contributed by atoms with Crippen molar-refractivity contribution in [3.8, 4) is 0 Å². The third kappa shape index (κ3) is 7.17. The van der Waals surface area contributed by atoms with E-state index in [0.717, 1.165) is 19.3 Å². The summed E-state index contributed by atoms with van der Waals surface area (Å²) < 4.78 is 10.3. The third-order valence-corrected chi connectivity index (χ3v) is 3.31. The maximum absolute atomic E-state index is 11.7. The van der Waals surface area contributed by atoms with Crippen molar-refractivity contribution < 1.29 is 14.3 Å². The lowest BCUT2D eigenvalue weighted by Gasteiger charge is -2.07. The van der Waals surface area contributed by atoms with E-state index in [-0.39, 0.29) is 5.97 Å². The van der Waals surface area contributed by atoms with Crippen molar-refractivity contribution in [2.75, 3.05) is 13.7 Å². The Hall–Kier alpha value is -1.51. The van der Waals surface area contributed by atoms with E-state index in [4.69, 9.17) is 9.47 Å². The zero-order valence-electron chi connectivity index (χ0n) is 12.7. The molecule has 20 heavy (non-hydrogen) atoms. The number of rotatable bonds is 1. The minimum Gasteiger partial charge on any atom is -0.490 e. The number of ether oxygens (including phenoxy) is 2. The van der Waals surface area contributed by atoms with Gasteiger partial charge in [-0.2, -0.15) is 0 Å². The van der Waals surface area contributed by atoms with Gasteiger partial charge in [-0.15, -0.1) is 0 Å². The number of esters is 1. The molecule has 0 aromatic carbocycles. The predicted octanol–water partition coefficient (Wildman–Crippen LogP) is 4.31. The zero-order chi connectivity index (χ0) is 14.6. The Kier molecular flexibility index (Phi) is 8.52. The number of cyclic esters (lactones) is 1. The topological polar surface area (TPSA) is 35.5 Å². The van der Waals surface area contributed by atoms with Gasteiger partial charge in [0.05, 0.1) is 13.7 Å². The summed E-state index contributed by atoms with van der Waals surface area (Å²) in [6.07, 6.45) is 15.6. The average Bonchev–Trinajstić information content (AvgIpc) is 2.44. The SMILES string of the molecule is CO/C1=C\CCCCCC/C(C)=C/C=C/CCOC1=O. The van der Waals surface area contributed by atoms with Crippen molar-refractivity contribution in [2.24, 2.45) is 0 Å². The smallest absolute Gasteiger partial charge is 0.373 e. The molecule has 1 aliphatic rings. The molecule has 3 heteroatoms. The van der Waals surface area contributed by atoms with E-state index in [1.165, 1.54) is 38.4 Å². The van der Waals surface area contributed by atoms with Crippen LogP contribution in [0.25, 0.3) is 0 Å².